The molecule has 8 nitrogen and oxygen atoms in total. The SMILES string of the molecule is O=C(CCNS(=O)(=O)c1cccc(F)c1)N1CC(N2C(=O)C3CC=CCC3C2=O)C1. The Balaban J connectivity index is 1.26. The molecule has 1 aromatic carbocycles. The fourth-order valence-electron chi connectivity index (χ4n) is 4.18. The van der Waals surface area contributed by atoms with Crippen LogP contribution in [0.25, 0.3) is 0 Å². The first kappa shape index (κ1) is 20.7. The number of allylic oxidation sites excluding steroid dienone is 2. The number of hydrogen-bond donors (Lipinski definition) is 1. The van der Waals surface area contributed by atoms with Crippen LogP contribution in [-0.2, 0) is 24.4 Å². The molecule has 3 aliphatic rings. The lowest BCUT2D eigenvalue weighted by atomic mass is 9.85. The van der Waals surface area contributed by atoms with Crippen molar-refractivity contribution in [3.63, 3.8) is 0 Å². The summed E-state index contributed by atoms with van der Waals surface area (Å²) in [4.78, 5) is 40.1. The number of sulfonamides is 1. The Bertz CT molecular complexity index is 993. The second-order valence-corrected chi connectivity index (χ2v) is 9.53. The summed E-state index contributed by atoms with van der Waals surface area (Å²) in [6, 6.07) is 4.29. The van der Waals surface area contributed by atoms with Crippen LogP contribution in [-0.4, -0.2) is 61.6 Å². The van der Waals surface area contributed by atoms with E-state index in [-0.39, 0.29) is 66.5 Å². The monoisotopic (exact) mass is 435 g/mol. The van der Waals surface area contributed by atoms with Gasteiger partial charge in [-0.1, -0.05) is 18.2 Å². The van der Waals surface area contributed by atoms with Crippen molar-refractivity contribution in [3.05, 3.63) is 42.2 Å². The predicted molar refractivity (Wildman–Crippen MR) is 104 cm³/mol. The van der Waals surface area contributed by atoms with Gasteiger partial charge in [-0.25, -0.2) is 17.5 Å². The van der Waals surface area contributed by atoms with Crippen molar-refractivity contribution in [2.24, 2.45) is 11.8 Å². The highest BCUT2D eigenvalue weighted by molar-refractivity contribution is 7.89. The number of nitrogens with one attached hydrogen (secondary N) is 1. The zero-order chi connectivity index (χ0) is 21.5. The van der Waals surface area contributed by atoms with Gasteiger partial charge in [0.2, 0.25) is 27.7 Å². The van der Waals surface area contributed by atoms with Crippen molar-refractivity contribution in [3.8, 4) is 0 Å². The second-order valence-electron chi connectivity index (χ2n) is 7.76. The van der Waals surface area contributed by atoms with Gasteiger partial charge in [-0.15, -0.1) is 0 Å². The van der Waals surface area contributed by atoms with E-state index in [4.69, 9.17) is 0 Å². The Kier molecular flexibility index (Phi) is 5.46. The molecule has 4 rings (SSSR count). The topological polar surface area (TPSA) is 104 Å². The van der Waals surface area contributed by atoms with Gasteiger partial charge in [-0.2, -0.15) is 0 Å². The molecular weight excluding hydrogens is 413 g/mol. The van der Waals surface area contributed by atoms with Gasteiger partial charge in [0.1, 0.15) is 5.82 Å². The van der Waals surface area contributed by atoms with Crippen molar-refractivity contribution in [2.45, 2.75) is 30.2 Å². The van der Waals surface area contributed by atoms with E-state index in [1.807, 2.05) is 12.2 Å². The maximum Gasteiger partial charge on any atom is 0.240 e. The highest BCUT2D eigenvalue weighted by Gasteiger charge is 2.52. The summed E-state index contributed by atoms with van der Waals surface area (Å²) in [5, 5.41) is 0. The molecule has 2 saturated heterocycles. The van der Waals surface area contributed by atoms with Crippen molar-refractivity contribution < 1.29 is 27.2 Å². The Labute approximate surface area is 173 Å². The molecule has 1 aliphatic carbocycles. The van der Waals surface area contributed by atoms with Crippen molar-refractivity contribution in [2.75, 3.05) is 19.6 Å². The summed E-state index contributed by atoms with van der Waals surface area (Å²) in [7, 11) is -3.91. The number of rotatable bonds is 6. The fraction of sp³-hybridized carbons (Fsp3) is 0.450. The summed E-state index contributed by atoms with van der Waals surface area (Å²) in [6.45, 7) is 0.399. The van der Waals surface area contributed by atoms with Crippen LogP contribution in [0.2, 0.25) is 0 Å². The lowest BCUT2D eigenvalue weighted by Gasteiger charge is -2.43. The highest BCUT2D eigenvalue weighted by Crippen LogP contribution is 2.37. The van der Waals surface area contributed by atoms with Crippen molar-refractivity contribution in [1.82, 2.24) is 14.5 Å². The van der Waals surface area contributed by atoms with Gasteiger partial charge in [0, 0.05) is 26.1 Å². The molecule has 2 aliphatic heterocycles. The summed E-state index contributed by atoms with van der Waals surface area (Å²) in [6.07, 6.45) is 4.94. The number of likely N-dealkylation sites (tertiary alicyclic amines) is 2. The fourth-order valence-corrected chi connectivity index (χ4v) is 5.24. The average molecular weight is 435 g/mol. The summed E-state index contributed by atoms with van der Waals surface area (Å²) >= 11 is 0. The summed E-state index contributed by atoms with van der Waals surface area (Å²) in [5.74, 6) is -1.83. The third-order valence-corrected chi connectivity index (χ3v) is 7.32. The van der Waals surface area contributed by atoms with Gasteiger partial charge in [-0.05, 0) is 31.0 Å². The van der Waals surface area contributed by atoms with Crippen LogP contribution < -0.4 is 4.72 Å². The molecule has 2 unspecified atom stereocenters. The van der Waals surface area contributed by atoms with Crippen LogP contribution in [0.4, 0.5) is 4.39 Å². The van der Waals surface area contributed by atoms with Gasteiger partial charge in [0.25, 0.3) is 0 Å². The Hall–Kier alpha value is -2.59. The van der Waals surface area contributed by atoms with Gasteiger partial charge in [-0.3, -0.25) is 19.3 Å². The number of carbonyl (C=O) groups is 3. The number of carbonyl (C=O) groups excluding carboxylic acids is 3. The number of imide groups is 1. The molecule has 0 bridgehead atoms. The molecule has 30 heavy (non-hydrogen) atoms. The number of halogens is 1. The van der Waals surface area contributed by atoms with Gasteiger partial charge in [0.15, 0.2) is 0 Å². The van der Waals surface area contributed by atoms with Crippen LogP contribution in [0, 0.1) is 17.7 Å². The minimum atomic E-state index is -3.91. The van der Waals surface area contributed by atoms with E-state index >= 15 is 0 Å². The number of amides is 3. The largest absolute Gasteiger partial charge is 0.338 e. The predicted octanol–water partition coefficient (Wildman–Crippen LogP) is 0.656. The molecule has 3 amide bonds. The third kappa shape index (κ3) is 3.77. The van der Waals surface area contributed by atoms with E-state index in [0.717, 1.165) is 12.1 Å². The molecule has 1 N–H and O–H groups in total. The number of fused-ring (bicyclic) bond motifs is 1. The lowest BCUT2D eigenvalue weighted by Crippen LogP contribution is -2.62. The van der Waals surface area contributed by atoms with Gasteiger partial charge in [0.05, 0.1) is 22.8 Å². The quantitative estimate of drug-likeness (QED) is 0.522. The van der Waals surface area contributed by atoms with E-state index in [9.17, 15) is 27.2 Å². The molecule has 1 aromatic rings. The standard InChI is InChI=1S/C20H22FN3O5S/c21-13-4-3-5-15(10-13)30(28,29)22-9-8-18(25)23-11-14(12-23)24-19(26)16-6-1-2-7-17(16)20(24)27/h1-5,10,14,16-17,22H,6-9,11-12H2. The van der Waals surface area contributed by atoms with E-state index in [1.165, 1.54) is 21.9 Å². The lowest BCUT2D eigenvalue weighted by molar-refractivity contribution is -0.152. The molecule has 2 atom stereocenters. The Morgan fingerprint density at radius 1 is 1.10 bits per heavy atom. The molecule has 2 fully saturated rings. The molecule has 10 heteroatoms. The highest BCUT2D eigenvalue weighted by atomic mass is 32.2. The van der Waals surface area contributed by atoms with E-state index in [0.29, 0.717) is 12.8 Å². The Morgan fingerprint density at radius 3 is 2.33 bits per heavy atom. The molecule has 2 heterocycles. The van der Waals surface area contributed by atoms with Gasteiger partial charge < -0.3 is 4.90 Å². The van der Waals surface area contributed by atoms with Crippen LogP contribution in [0.3, 0.4) is 0 Å². The first-order valence-electron chi connectivity index (χ1n) is 9.83. The summed E-state index contributed by atoms with van der Waals surface area (Å²) < 4.78 is 39.8. The molecular formula is C20H22FN3O5S. The van der Waals surface area contributed by atoms with Crippen LogP contribution in [0.5, 0.6) is 0 Å². The number of hydrogen-bond acceptors (Lipinski definition) is 5. The Morgan fingerprint density at radius 2 is 1.73 bits per heavy atom. The zero-order valence-corrected chi connectivity index (χ0v) is 17.0. The maximum atomic E-state index is 13.2. The average Bonchev–Trinajstić information content (AvgIpc) is 2.92. The minimum Gasteiger partial charge on any atom is -0.338 e. The molecule has 160 valence electrons. The number of nitrogens with zero attached hydrogens (tertiary/aromatic N) is 2. The normalized spacial score (nSPS) is 24.2. The smallest absolute Gasteiger partial charge is 0.240 e. The van der Waals surface area contributed by atoms with Crippen LogP contribution in [0.1, 0.15) is 19.3 Å². The van der Waals surface area contributed by atoms with E-state index in [2.05, 4.69) is 4.72 Å². The van der Waals surface area contributed by atoms with E-state index < -0.39 is 15.8 Å². The maximum absolute atomic E-state index is 13.2. The summed E-state index contributed by atoms with van der Waals surface area (Å²) in [5.41, 5.74) is 0. The first-order valence-corrected chi connectivity index (χ1v) is 11.3. The second kappa shape index (κ2) is 7.92. The van der Waals surface area contributed by atoms with E-state index in [1.54, 1.807) is 0 Å². The number of benzene rings is 1. The first-order chi connectivity index (χ1) is 14.3. The minimum absolute atomic E-state index is 0.0711. The van der Waals surface area contributed by atoms with Crippen molar-refractivity contribution >= 4 is 27.7 Å². The zero-order valence-electron chi connectivity index (χ0n) is 16.2. The van der Waals surface area contributed by atoms with Crippen LogP contribution in [0.15, 0.2) is 41.3 Å². The molecule has 0 spiro atoms. The van der Waals surface area contributed by atoms with Gasteiger partial charge >= 0.3 is 0 Å². The van der Waals surface area contributed by atoms with Crippen LogP contribution >= 0.6 is 0 Å². The molecule has 0 radical (unpaired) electrons. The molecule has 0 saturated carbocycles. The third-order valence-electron chi connectivity index (χ3n) is 5.86. The molecule has 0 aromatic heterocycles. The van der Waals surface area contributed by atoms with Crippen molar-refractivity contribution in [1.29, 1.82) is 0 Å².